The lowest BCUT2D eigenvalue weighted by atomic mass is 10.2. The molecule has 0 spiro atoms. The number of aromatic nitrogens is 1. The molecule has 1 aliphatic heterocycles. The normalized spacial score (nSPS) is 22.8. The van der Waals surface area contributed by atoms with Gasteiger partial charge >= 0.3 is 0 Å². The van der Waals surface area contributed by atoms with Gasteiger partial charge in [-0.15, -0.1) is 0 Å². The summed E-state index contributed by atoms with van der Waals surface area (Å²) < 4.78 is 23.2. The van der Waals surface area contributed by atoms with Crippen molar-refractivity contribution in [1.82, 2.24) is 4.98 Å². The Morgan fingerprint density at radius 3 is 2.95 bits per heavy atom. The average Bonchev–Trinajstić information content (AvgIpc) is 2.38. The van der Waals surface area contributed by atoms with Gasteiger partial charge in [0.25, 0.3) is 0 Å². The topological polar surface area (TPSA) is 109 Å². The Balaban J connectivity index is 2.39. The third-order valence-corrected chi connectivity index (χ3v) is 5.36. The third-order valence-electron chi connectivity index (χ3n) is 3.20. The molecule has 2 heterocycles. The fourth-order valence-electron chi connectivity index (χ4n) is 2.20. The molecule has 0 saturated carbocycles. The molecule has 1 atom stereocenters. The molecule has 9 heteroatoms. The second kappa shape index (κ2) is 5.45. The molecule has 0 radical (unpaired) electrons. The van der Waals surface area contributed by atoms with Gasteiger partial charge in [0.05, 0.1) is 16.5 Å². The standard InChI is InChI=1S/C11H15ClN4O3S/c1-7-6-20(18,19)5-4-16(7)11-9(12)8(2-3-14-11)10(13)15-17/h2-3,7,17H,4-6H2,1H3,(H2,13,15). The summed E-state index contributed by atoms with van der Waals surface area (Å²) in [6, 6.07) is 1.30. The highest BCUT2D eigenvalue weighted by molar-refractivity contribution is 7.91. The number of anilines is 1. The highest BCUT2D eigenvalue weighted by atomic mass is 35.5. The number of nitrogens with zero attached hydrogens (tertiary/aromatic N) is 3. The van der Waals surface area contributed by atoms with Crippen LogP contribution < -0.4 is 10.6 Å². The van der Waals surface area contributed by atoms with Crippen molar-refractivity contribution < 1.29 is 13.6 Å². The largest absolute Gasteiger partial charge is 0.409 e. The molecule has 1 aromatic rings. The van der Waals surface area contributed by atoms with Crippen molar-refractivity contribution in [3.05, 3.63) is 22.8 Å². The van der Waals surface area contributed by atoms with E-state index in [1.807, 2.05) is 4.90 Å². The lowest BCUT2D eigenvalue weighted by Gasteiger charge is -2.34. The molecule has 20 heavy (non-hydrogen) atoms. The predicted octanol–water partition coefficient (Wildman–Crippen LogP) is 0.453. The summed E-state index contributed by atoms with van der Waals surface area (Å²) in [5.41, 5.74) is 5.91. The minimum atomic E-state index is -3.02. The minimum absolute atomic E-state index is 0.0544. The van der Waals surface area contributed by atoms with Crippen molar-refractivity contribution >= 4 is 33.1 Å². The molecule has 0 bridgehead atoms. The van der Waals surface area contributed by atoms with Gasteiger partial charge in [-0.1, -0.05) is 16.8 Å². The predicted molar refractivity (Wildman–Crippen MR) is 77.2 cm³/mol. The zero-order chi connectivity index (χ0) is 14.9. The van der Waals surface area contributed by atoms with Gasteiger partial charge in [0.15, 0.2) is 15.7 Å². The molecule has 1 saturated heterocycles. The van der Waals surface area contributed by atoms with Crippen molar-refractivity contribution in [2.45, 2.75) is 13.0 Å². The van der Waals surface area contributed by atoms with Gasteiger partial charge in [-0.3, -0.25) is 0 Å². The van der Waals surface area contributed by atoms with E-state index in [0.29, 0.717) is 17.9 Å². The van der Waals surface area contributed by atoms with Crippen molar-refractivity contribution in [2.24, 2.45) is 10.9 Å². The zero-order valence-electron chi connectivity index (χ0n) is 10.8. The Morgan fingerprint density at radius 2 is 2.35 bits per heavy atom. The van der Waals surface area contributed by atoms with Gasteiger partial charge in [0.1, 0.15) is 5.82 Å². The first-order chi connectivity index (χ1) is 9.35. The maximum Gasteiger partial charge on any atom is 0.171 e. The average molecular weight is 319 g/mol. The van der Waals surface area contributed by atoms with Crippen LogP contribution in [-0.4, -0.2) is 48.5 Å². The van der Waals surface area contributed by atoms with Crippen molar-refractivity contribution in [2.75, 3.05) is 23.0 Å². The number of rotatable bonds is 2. The van der Waals surface area contributed by atoms with Crippen molar-refractivity contribution in [3.63, 3.8) is 0 Å². The quantitative estimate of drug-likeness (QED) is 0.355. The maximum absolute atomic E-state index is 11.6. The van der Waals surface area contributed by atoms with Crippen LogP contribution in [-0.2, 0) is 9.84 Å². The lowest BCUT2D eigenvalue weighted by molar-refractivity contribution is 0.318. The van der Waals surface area contributed by atoms with Crippen LogP contribution in [0.2, 0.25) is 5.02 Å². The molecule has 0 aromatic carbocycles. The summed E-state index contributed by atoms with van der Waals surface area (Å²) in [6.07, 6.45) is 1.49. The molecule has 0 aliphatic carbocycles. The number of hydrogen-bond acceptors (Lipinski definition) is 6. The molecule has 1 aliphatic rings. The first-order valence-electron chi connectivity index (χ1n) is 5.95. The van der Waals surface area contributed by atoms with Crippen LogP contribution in [0, 0.1) is 0 Å². The van der Waals surface area contributed by atoms with Gasteiger partial charge < -0.3 is 15.8 Å². The van der Waals surface area contributed by atoms with E-state index in [1.54, 1.807) is 6.92 Å². The van der Waals surface area contributed by atoms with Gasteiger partial charge in [-0.05, 0) is 13.0 Å². The highest BCUT2D eigenvalue weighted by Crippen LogP contribution is 2.29. The Labute approximate surface area is 122 Å². The van der Waals surface area contributed by atoms with Crippen LogP contribution in [0.3, 0.4) is 0 Å². The second-order valence-corrected chi connectivity index (χ2v) is 7.24. The first-order valence-corrected chi connectivity index (χ1v) is 8.15. The van der Waals surface area contributed by atoms with E-state index in [0.717, 1.165) is 0 Å². The third kappa shape index (κ3) is 2.80. The van der Waals surface area contributed by atoms with E-state index in [4.69, 9.17) is 22.5 Å². The lowest BCUT2D eigenvalue weighted by Crippen LogP contribution is -2.47. The van der Waals surface area contributed by atoms with Gasteiger partial charge in [0.2, 0.25) is 0 Å². The number of nitrogens with two attached hydrogens (primary N) is 1. The Hall–Kier alpha value is -1.54. The first kappa shape index (κ1) is 14.9. The summed E-state index contributed by atoms with van der Waals surface area (Å²) in [6.45, 7) is 2.11. The molecule has 110 valence electrons. The maximum atomic E-state index is 11.6. The van der Waals surface area contributed by atoms with Crippen LogP contribution >= 0.6 is 11.6 Å². The number of oxime groups is 1. The van der Waals surface area contributed by atoms with E-state index in [2.05, 4.69) is 10.1 Å². The molecular weight excluding hydrogens is 304 g/mol. The number of hydrogen-bond donors (Lipinski definition) is 2. The van der Waals surface area contributed by atoms with Crippen LogP contribution in [0.5, 0.6) is 0 Å². The summed E-state index contributed by atoms with van der Waals surface area (Å²) in [7, 11) is -3.02. The number of amidine groups is 1. The Bertz CT molecular complexity index is 647. The highest BCUT2D eigenvalue weighted by Gasteiger charge is 2.30. The van der Waals surface area contributed by atoms with E-state index in [1.165, 1.54) is 12.3 Å². The van der Waals surface area contributed by atoms with Crippen molar-refractivity contribution in [1.29, 1.82) is 0 Å². The molecule has 7 nitrogen and oxygen atoms in total. The molecule has 1 fully saturated rings. The van der Waals surface area contributed by atoms with Crippen LogP contribution in [0.1, 0.15) is 12.5 Å². The van der Waals surface area contributed by atoms with E-state index in [-0.39, 0.29) is 28.4 Å². The van der Waals surface area contributed by atoms with Crippen LogP contribution in [0.15, 0.2) is 17.4 Å². The van der Waals surface area contributed by atoms with Gasteiger partial charge in [-0.25, -0.2) is 13.4 Å². The minimum Gasteiger partial charge on any atom is -0.409 e. The summed E-state index contributed by atoms with van der Waals surface area (Å²) in [5, 5.41) is 11.9. The summed E-state index contributed by atoms with van der Waals surface area (Å²) in [4.78, 5) is 6.00. The van der Waals surface area contributed by atoms with Gasteiger partial charge in [0, 0.05) is 24.3 Å². The zero-order valence-corrected chi connectivity index (χ0v) is 12.4. The van der Waals surface area contributed by atoms with Crippen LogP contribution in [0.25, 0.3) is 0 Å². The fraction of sp³-hybridized carbons (Fsp3) is 0.455. The monoisotopic (exact) mass is 318 g/mol. The SMILES string of the molecule is CC1CS(=O)(=O)CCN1c1nccc(/C(N)=N/O)c1Cl. The molecule has 1 unspecified atom stereocenters. The number of pyridine rings is 1. The van der Waals surface area contributed by atoms with E-state index >= 15 is 0 Å². The van der Waals surface area contributed by atoms with Crippen LogP contribution in [0.4, 0.5) is 5.82 Å². The smallest absolute Gasteiger partial charge is 0.171 e. The molecule has 2 rings (SSSR count). The van der Waals surface area contributed by atoms with Crippen molar-refractivity contribution in [3.8, 4) is 0 Å². The fourth-order valence-corrected chi connectivity index (χ4v) is 4.07. The molecule has 1 aromatic heterocycles. The number of halogens is 1. The molecule has 0 amide bonds. The van der Waals surface area contributed by atoms with Gasteiger partial charge in [-0.2, -0.15) is 0 Å². The molecular formula is C11H15ClN4O3S. The summed E-state index contributed by atoms with van der Waals surface area (Å²) in [5.74, 6) is 0.441. The second-order valence-electron chi connectivity index (χ2n) is 4.64. The number of sulfone groups is 1. The van der Waals surface area contributed by atoms with E-state index < -0.39 is 9.84 Å². The summed E-state index contributed by atoms with van der Waals surface area (Å²) >= 11 is 6.23. The Kier molecular flexibility index (Phi) is 4.05. The Morgan fingerprint density at radius 1 is 1.65 bits per heavy atom. The molecule has 3 N–H and O–H groups in total. The van der Waals surface area contributed by atoms with E-state index in [9.17, 15) is 8.42 Å².